The summed E-state index contributed by atoms with van der Waals surface area (Å²) < 4.78 is 29.2. The van der Waals surface area contributed by atoms with Gasteiger partial charge in [-0.2, -0.15) is 5.10 Å². The quantitative estimate of drug-likeness (QED) is 0.678. The number of hydrogen-bond donors (Lipinski definition) is 0. The molecule has 1 amide bonds. The summed E-state index contributed by atoms with van der Waals surface area (Å²) in [6.07, 6.45) is 2.79. The van der Waals surface area contributed by atoms with Gasteiger partial charge in [-0.3, -0.25) is 4.79 Å². The highest BCUT2D eigenvalue weighted by Crippen LogP contribution is 2.61. The third-order valence-electron chi connectivity index (χ3n) is 7.39. The average Bonchev–Trinajstić information content (AvgIpc) is 2.96. The summed E-state index contributed by atoms with van der Waals surface area (Å²) in [4.78, 5) is 24.9. The second-order valence-electron chi connectivity index (χ2n) is 9.24. The number of ether oxygens (including phenoxy) is 1. The van der Waals surface area contributed by atoms with E-state index in [0.717, 1.165) is 6.42 Å². The van der Waals surface area contributed by atoms with Gasteiger partial charge in [-0.25, -0.2) is 18.2 Å². The van der Waals surface area contributed by atoms with Crippen molar-refractivity contribution in [3.8, 4) is 0 Å². The maximum atomic E-state index is 12.7. The fourth-order valence-corrected chi connectivity index (χ4v) is 7.13. The van der Waals surface area contributed by atoms with Gasteiger partial charge in [-0.15, -0.1) is 0 Å². The van der Waals surface area contributed by atoms with Gasteiger partial charge in [-0.1, -0.05) is 20.8 Å². The molecule has 0 aromatic carbocycles. The number of esters is 1. The van der Waals surface area contributed by atoms with Crippen LogP contribution in [0.15, 0.2) is 5.10 Å². The van der Waals surface area contributed by atoms with Gasteiger partial charge in [0.25, 0.3) is 0 Å². The van der Waals surface area contributed by atoms with Crippen LogP contribution in [-0.4, -0.2) is 54.7 Å². The van der Waals surface area contributed by atoms with Crippen LogP contribution in [0.2, 0.25) is 0 Å². The first-order chi connectivity index (χ1) is 12.6. The van der Waals surface area contributed by atoms with Gasteiger partial charge in [0, 0.05) is 12.8 Å². The number of rotatable bonds is 3. The van der Waals surface area contributed by atoms with E-state index in [9.17, 15) is 18.0 Å². The van der Waals surface area contributed by atoms with Crippen molar-refractivity contribution in [2.24, 2.45) is 28.3 Å². The zero-order chi connectivity index (χ0) is 19.6. The Balaban J connectivity index is 1.44. The molecule has 7 nitrogen and oxygen atoms in total. The second kappa shape index (κ2) is 6.29. The highest BCUT2D eigenvalue weighted by atomic mass is 32.2. The Morgan fingerprint density at radius 2 is 2.00 bits per heavy atom. The molecule has 4 fully saturated rings. The minimum Gasteiger partial charge on any atom is -0.458 e. The van der Waals surface area contributed by atoms with Gasteiger partial charge >= 0.3 is 5.97 Å². The van der Waals surface area contributed by atoms with Crippen molar-refractivity contribution in [3.63, 3.8) is 0 Å². The molecular formula is C19H28N2O5S. The zero-order valence-electron chi connectivity index (χ0n) is 16.2. The van der Waals surface area contributed by atoms with Gasteiger partial charge in [0.05, 0.1) is 17.5 Å². The van der Waals surface area contributed by atoms with E-state index in [0.29, 0.717) is 29.6 Å². The third-order valence-corrected chi connectivity index (χ3v) is 9.14. The summed E-state index contributed by atoms with van der Waals surface area (Å²) in [5.74, 6) is 0.788. The van der Waals surface area contributed by atoms with Crippen molar-refractivity contribution in [1.29, 1.82) is 0 Å². The van der Waals surface area contributed by atoms with Crippen molar-refractivity contribution in [2.45, 2.75) is 65.0 Å². The molecular weight excluding hydrogens is 368 g/mol. The minimum atomic E-state index is -3.13. The van der Waals surface area contributed by atoms with Gasteiger partial charge < -0.3 is 4.74 Å². The molecule has 2 bridgehead atoms. The number of carbonyl (C=O) groups is 2. The van der Waals surface area contributed by atoms with E-state index in [-0.39, 0.29) is 42.1 Å². The van der Waals surface area contributed by atoms with Crippen LogP contribution in [0.5, 0.6) is 0 Å². The van der Waals surface area contributed by atoms with Gasteiger partial charge in [0.2, 0.25) is 5.91 Å². The summed E-state index contributed by atoms with van der Waals surface area (Å²) in [5.41, 5.74) is 0.562. The van der Waals surface area contributed by atoms with Gasteiger partial charge in [0.15, 0.2) is 9.84 Å². The molecule has 0 aromatic heterocycles. The van der Waals surface area contributed by atoms with Crippen molar-refractivity contribution in [3.05, 3.63) is 0 Å². The SMILES string of the molecule is C[C@@H]1[C@@H](OC(=O)C2=NN([C@@H]3CCS(=O)(=O)C3)C(=O)CC2)C[C@H]2C[C@H]1C2(C)C. The molecule has 5 rings (SSSR count). The number of hydrazone groups is 1. The van der Waals surface area contributed by atoms with Crippen molar-refractivity contribution in [1.82, 2.24) is 5.01 Å². The van der Waals surface area contributed by atoms with Crippen LogP contribution in [0.4, 0.5) is 0 Å². The molecule has 27 heavy (non-hydrogen) atoms. The molecule has 0 spiro atoms. The highest BCUT2D eigenvalue weighted by Gasteiger charge is 2.57. The summed E-state index contributed by atoms with van der Waals surface area (Å²) >= 11 is 0. The molecule has 2 aliphatic heterocycles. The molecule has 1 saturated heterocycles. The first kappa shape index (κ1) is 18.9. The van der Waals surface area contributed by atoms with E-state index in [1.54, 1.807) is 0 Å². The Kier molecular flexibility index (Phi) is 4.40. The molecule has 3 aliphatic carbocycles. The minimum absolute atomic E-state index is 0.0644. The summed E-state index contributed by atoms with van der Waals surface area (Å²) in [6.45, 7) is 6.75. The van der Waals surface area contributed by atoms with Crippen molar-refractivity contribution < 1.29 is 22.7 Å². The van der Waals surface area contributed by atoms with Crippen LogP contribution in [0.25, 0.3) is 0 Å². The van der Waals surface area contributed by atoms with E-state index in [1.807, 2.05) is 0 Å². The standard InChI is InChI=1S/C19H28N2O5S/c1-11-14-8-12(19(14,2)3)9-16(11)26-18(23)15-4-5-17(22)21(20-15)13-6-7-27(24,25)10-13/h11-14,16H,4-10H2,1-3H3/t11-,12+,13+,14+,16-/m0/s1. The summed E-state index contributed by atoms with van der Waals surface area (Å²) in [6, 6.07) is -0.465. The lowest BCUT2D eigenvalue weighted by atomic mass is 9.45. The molecule has 2 heterocycles. The Hall–Kier alpha value is -1.44. The van der Waals surface area contributed by atoms with Gasteiger partial charge in [0.1, 0.15) is 11.8 Å². The fourth-order valence-electron chi connectivity index (χ4n) is 5.44. The van der Waals surface area contributed by atoms with Crippen LogP contribution in [-0.2, 0) is 24.2 Å². The fraction of sp³-hybridized carbons (Fsp3) is 0.842. The van der Waals surface area contributed by atoms with E-state index in [2.05, 4.69) is 25.9 Å². The van der Waals surface area contributed by atoms with Crippen LogP contribution < -0.4 is 0 Å². The largest absolute Gasteiger partial charge is 0.458 e. The number of sulfone groups is 1. The molecule has 0 radical (unpaired) electrons. The van der Waals surface area contributed by atoms with Crippen LogP contribution >= 0.6 is 0 Å². The van der Waals surface area contributed by atoms with E-state index in [1.165, 1.54) is 11.4 Å². The third kappa shape index (κ3) is 3.19. The van der Waals surface area contributed by atoms with Crippen molar-refractivity contribution >= 4 is 27.4 Å². The average molecular weight is 397 g/mol. The van der Waals surface area contributed by atoms with Gasteiger partial charge in [-0.05, 0) is 42.4 Å². The number of fused-ring (bicyclic) bond motifs is 2. The lowest BCUT2D eigenvalue weighted by Crippen LogP contribution is -2.57. The molecule has 5 atom stereocenters. The number of amides is 1. The van der Waals surface area contributed by atoms with Crippen LogP contribution in [0.1, 0.15) is 52.9 Å². The predicted molar refractivity (Wildman–Crippen MR) is 99.6 cm³/mol. The van der Waals surface area contributed by atoms with Crippen molar-refractivity contribution in [2.75, 3.05) is 11.5 Å². The molecule has 0 aromatic rings. The monoisotopic (exact) mass is 396 g/mol. The Bertz CT molecular complexity index is 803. The normalized spacial score (nSPS) is 39.5. The highest BCUT2D eigenvalue weighted by molar-refractivity contribution is 7.91. The van der Waals surface area contributed by atoms with E-state index >= 15 is 0 Å². The summed E-state index contributed by atoms with van der Waals surface area (Å²) in [7, 11) is -3.13. The first-order valence-electron chi connectivity index (χ1n) is 9.89. The first-order valence-corrected chi connectivity index (χ1v) is 11.7. The lowest BCUT2D eigenvalue weighted by molar-refractivity contribution is -0.180. The van der Waals surface area contributed by atoms with Crippen LogP contribution in [0.3, 0.4) is 0 Å². The lowest BCUT2D eigenvalue weighted by Gasteiger charge is -2.61. The molecule has 3 saturated carbocycles. The van der Waals surface area contributed by atoms with E-state index in [4.69, 9.17) is 4.74 Å². The molecule has 8 heteroatoms. The molecule has 0 N–H and O–H groups in total. The topological polar surface area (TPSA) is 93.1 Å². The Morgan fingerprint density at radius 1 is 1.26 bits per heavy atom. The Morgan fingerprint density at radius 3 is 2.59 bits per heavy atom. The summed E-state index contributed by atoms with van der Waals surface area (Å²) in [5, 5.41) is 5.44. The Labute approximate surface area is 160 Å². The smallest absolute Gasteiger partial charge is 0.354 e. The van der Waals surface area contributed by atoms with E-state index < -0.39 is 21.8 Å². The molecule has 150 valence electrons. The maximum absolute atomic E-state index is 12.7. The number of hydrogen-bond acceptors (Lipinski definition) is 6. The number of nitrogens with zero attached hydrogens (tertiary/aromatic N) is 2. The second-order valence-corrected chi connectivity index (χ2v) is 11.5. The predicted octanol–water partition coefficient (Wildman–Crippen LogP) is 1.77. The van der Waals surface area contributed by atoms with Crippen LogP contribution in [0, 0.1) is 23.2 Å². The molecule has 0 unspecified atom stereocenters. The maximum Gasteiger partial charge on any atom is 0.354 e. The number of carbonyl (C=O) groups excluding carboxylic acids is 2. The zero-order valence-corrected chi connectivity index (χ0v) is 17.0. The molecule has 5 aliphatic rings.